The molecule has 0 aliphatic heterocycles. The van der Waals surface area contributed by atoms with Crippen molar-refractivity contribution in [2.45, 2.75) is 19.3 Å². The summed E-state index contributed by atoms with van der Waals surface area (Å²) in [5, 5.41) is 2.45. The Morgan fingerprint density at radius 1 is 0.857 bits per heavy atom. The molecule has 1 aromatic heterocycles. The number of halogens is 1. The fourth-order valence-electron chi connectivity index (χ4n) is 3.93. The van der Waals surface area contributed by atoms with Gasteiger partial charge in [0.15, 0.2) is 5.79 Å². The summed E-state index contributed by atoms with van der Waals surface area (Å²) in [5.74, 6) is -0.946. The molecule has 3 aromatic carbocycles. The van der Waals surface area contributed by atoms with E-state index in [0.717, 1.165) is 17.7 Å². The van der Waals surface area contributed by atoms with Crippen LogP contribution in [-0.2, 0) is 21.8 Å². The average Bonchev–Trinajstić information content (AvgIpc) is 3.03. The van der Waals surface area contributed by atoms with Crippen LogP contribution < -0.4 is 17.0 Å². The van der Waals surface area contributed by atoms with Gasteiger partial charge in [-0.1, -0.05) is 29.8 Å². The Hall–Kier alpha value is -1.37. The van der Waals surface area contributed by atoms with Crippen LogP contribution in [-0.4, -0.2) is 41.8 Å². The van der Waals surface area contributed by atoms with E-state index in [0.29, 0.717) is 0 Å². The molecule has 3 nitrogen and oxygen atoms in total. The molecule has 0 bridgehead atoms. The molecule has 5 heteroatoms. The van der Waals surface area contributed by atoms with Gasteiger partial charge in [-0.2, -0.15) is 30.3 Å². The van der Waals surface area contributed by atoms with E-state index in [4.69, 9.17) is 9.47 Å². The normalized spacial score (nSPS) is 11.2. The van der Waals surface area contributed by atoms with Gasteiger partial charge in [0.2, 0.25) is 0 Å². The molecule has 0 saturated carbocycles. The summed E-state index contributed by atoms with van der Waals surface area (Å²) in [6, 6.07) is 25.7. The van der Waals surface area contributed by atoms with Crippen molar-refractivity contribution in [3.8, 4) is 0 Å². The Bertz CT molecular complexity index is 1060. The number of benzene rings is 3. The van der Waals surface area contributed by atoms with E-state index in [2.05, 4.69) is 60.0 Å². The molecule has 4 rings (SSSR count). The fraction of sp³-hybridized carbons (Fsp3) is 0.217. The third-order valence-corrected chi connectivity index (χ3v) is 5.14. The predicted octanol–water partition coefficient (Wildman–Crippen LogP) is 1.73. The maximum Gasteiger partial charge on any atom is 2.00 e. The third kappa shape index (κ3) is 3.50. The molecule has 1 heterocycles. The first-order valence-corrected chi connectivity index (χ1v) is 8.83. The molecule has 0 N–H and O–H groups in total. The molecule has 0 radical (unpaired) electrons. The maximum atomic E-state index is 5.91. The predicted molar refractivity (Wildman–Crippen MR) is 111 cm³/mol. The van der Waals surface area contributed by atoms with Crippen molar-refractivity contribution in [2.24, 2.45) is 0 Å². The Morgan fingerprint density at radius 2 is 1.50 bits per heavy atom. The first-order valence-electron chi connectivity index (χ1n) is 8.83. The van der Waals surface area contributed by atoms with Crippen LogP contribution in [0.4, 0.5) is 0 Å². The number of ether oxygens (including phenoxy) is 2. The SMILES string of the molecule is CCn1c2ccccc2c2cc(C(OC)(OC)c3cc[c-]cc3)ccc21.[Br-].[Mg+2]. The van der Waals surface area contributed by atoms with E-state index in [1.54, 1.807) is 14.2 Å². The topological polar surface area (TPSA) is 23.4 Å². The summed E-state index contributed by atoms with van der Waals surface area (Å²) in [6.07, 6.45) is 0. The van der Waals surface area contributed by atoms with Crippen LogP contribution >= 0.6 is 0 Å². The zero-order chi connectivity index (χ0) is 18.1. The second-order valence-corrected chi connectivity index (χ2v) is 6.31. The van der Waals surface area contributed by atoms with Gasteiger partial charge in [0, 0.05) is 48.1 Å². The molecule has 140 valence electrons. The zero-order valence-corrected chi connectivity index (χ0v) is 19.4. The summed E-state index contributed by atoms with van der Waals surface area (Å²) in [4.78, 5) is 0. The minimum absolute atomic E-state index is 0. The Morgan fingerprint density at radius 3 is 2.14 bits per heavy atom. The molecule has 0 atom stereocenters. The van der Waals surface area contributed by atoms with Crippen LogP contribution in [0.15, 0.2) is 66.7 Å². The third-order valence-electron chi connectivity index (χ3n) is 5.14. The van der Waals surface area contributed by atoms with Crippen molar-refractivity contribution in [3.63, 3.8) is 0 Å². The number of nitrogens with zero attached hydrogens (tertiary/aromatic N) is 1. The van der Waals surface area contributed by atoms with Gasteiger partial charge in [-0.3, -0.25) is 0 Å². The molecule has 0 fully saturated rings. The second-order valence-electron chi connectivity index (χ2n) is 6.31. The zero-order valence-electron chi connectivity index (χ0n) is 16.4. The summed E-state index contributed by atoms with van der Waals surface area (Å²) < 4.78 is 14.2. The van der Waals surface area contributed by atoms with Crippen molar-refractivity contribution in [1.29, 1.82) is 0 Å². The van der Waals surface area contributed by atoms with E-state index in [9.17, 15) is 0 Å². The monoisotopic (exact) mass is 447 g/mol. The number of hydrogen-bond acceptors (Lipinski definition) is 2. The molecular formula is C23H22BrMgNO2. The second kappa shape index (κ2) is 9.42. The Balaban J connectivity index is 0.00000140. The molecule has 0 saturated heterocycles. The minimum Gasteiger partial charge on any atom is -1.00 e. The van der Waals surface area contributed by atoms with Crippen molar-refractivity contribution >= 4 is 44.9 Å². The van der Waals surface area contributed by atoms with E-state index in [1.807, 2.05) is 24.3 Å². The van der Waals surface area contributed by atoms with Crippen molar-refractivity contribution in [3.05, 3.63) is 83.9 Å². The van der Waals surface area contributed by atoms with Gasteiger partial charge in [-0.25, -0.2) is 0 Å². The molecule has 0 amide bonds. The first kappa shape index (κ1) is 22.9. The molecule has 0 spiro atoms. The van der Waals surface area contributed by atoms with Crippen LogP contribution in [0.2, 0.25) is 0 Å². The summed E-state index contributed by atoms with van der Waals surface area (Å²) in [5.41, 5.74) is 4.39. The molecule has 4 aromatic rings. The fourth-order valence-corrected chi connectivity index (χ4v) is 3.93. The number of rotatable bonds is 5. The van der Waals surface area contributed by atoms with Gasteiger partial charge in [-0.15, -0.1) is 0 Å². The molecule has 28 heavy (non-hydrogen) atoms. The smallest absolute Gasteiger partial charge is 1.00 e. The number of hydrogen-bond donors (Lipinski definition) is 0. The van der Waals surface area contributed by atoms with Crippen LogP contribution in [0.3, 0.4) is 0 Å². The summed E-state index contributed by atoms with van der Waals surface area (Å²) in [6.45, 7) is 3.10. The van der Waals surface area contributed by atoms with Gasteiger partial charge in [-0.05, 0) is 25.1 Å². The maximum absolute atomic E-state index is 5.91. The van der Waals surface area contributed by atoms with E-state index in [-0.39, 0.29) is 40.0 Å². The number of aromatic nitrogens is 1. The van der Waals surface area contributed by atoms with Crippen LogP contribution in [0.25, 0.3) is 21.8 Å². The van der Waals surface area contributed by atoms with Gasteiger partial charge < -0.3 is 31.0 Å². The largest absolute Gasteiger partial charge is 2.00 e. The molecular weight excluding hydrogens is 426 g/mol. The molecule has 0 aliphatic rings. The minimum atomic E-state index is -0.946. The number of aryl methyl sites for hydroxylation is 1. The van der Waals surface area contributed by atoms with Gasteiger partial charge in [0.05, 0.1) is 0 Å². The Labute approximate surface area is 192 Å². The number of fused-ring (bicyclic) bond motifs is 3. The van der Waals surface area contributed by atoms with Crippen molar-refractivity contribution < 1.29 is 26.5 Å². The summed E-state index contributed by atoms with van der Waals surface area (Å²) >= 11 is 0. The standard InChI is InChI=1S/C23H22NO2.BrH.Mg/c1-4-24-21-13-9-8-12-19(21)20-16-18(14-15-22(20)24)23(25-2,26-3)17-10-6-5-7-11-17;;/h6-16H,4H2,1-3H3;1H;/q-1;;+2/p-1. The van der Waals surface area contributed by atoms with Gasteiger partial charge in [0.1, 0.15) is 0 Å². The molecule has 0 unspecified atom stereocenters. The van der Waals surface area contributed by atoms with E-state index in [1.165, 1.54) is 21.8 Å². The van der Waals surface area contributed by atoms with Crippen LogP contribution in [0.1, 0.15) is 18.1 Å². The van der Waals surface area contributed by atoms with Gasteiger partial charge >= 0.3 is 23.1 Å². The van der Waals surface area contributed by atoms with Crippen molar-refractivity contribution in [2.75, 3.05) is 14.2 Å². The molecule has 0 aliphatic carbocycles. The summed E-state index contributed by atoms with van der Waals surface area (Å²) in [7, 11) is 3.36. The number of methoxy groups -OCH3 is 2. The Kier molecular flexibility index (Phi) is 7.70. The van der Waals surface area contributed by atoms with Crippen LogP contribution in [0, 0.1) is 6.07 Å². The van der Waals surface area contributed by atoms with Crippen LogP contribution in [0.5, 0.6) is 0 Å². The van der Waals surface area contributed by atoms with E-state index >= 15 is 0 Å². The quantitative estimate of drug-likeness (QED) is 0.264. The van der Waals surface area contributed by atoms with Crippen molar-refractivity contribution in [1.82, 2.24) is 4.57 Å². The number of para-hydroxylation sites is 1. The average molecular weight is 449 g/mol. The van der Waals surface area contributed by atoms with Gasteiger partial charge in [0.25, 0.3) is 0 Å². The van der Waals surface area contributed by atoms with E-state index < -0.39 is 5.79 Å². The first-order chi connectivity index (χ1) is 12.7.